The Balaban J connectivity index is 1.52. The van der Waals surface area contributed by atoms with Crippen LogP contribution in [0.2, 0.25) is 0 Å². The number of rotatable bonds is 8. The van der Waals surface area contributed by atoms with Crippen LogP contribution in [0.25, 0.3) is 10.2 Å². The Kier molecular flexibility index (Phi) is 6.16. The van der Waals surface area contributed by atoms with E-state index in [1.807, 2.05) is 38.2 Å². The Hall–Kier alpha value is -2.38. The summed E-state index contributed by atoms with van der Waals surface area (Å²) in [4.78, 5) is 27.6. The fourth-order valence-corrected chi connectivity index (χ4v) is 4.80. The number of aryl methyl sites for hydroxylation is 1. The lowest BCUT2D eigenvalue weighted by molar-refractivity contribution is 0.0975. The van der Waals surface area contributed by atoms with Crippen LogP contribution >= 0.6 is 11.3 Å². The van der Waals surface area contributed by atoms with Gasteiger partial charge in [-0.05, 0) is 69.8 Å². The van der Waals surface area contributed by atoms with Gasteiger partial charge in [0.05, 0.1) is 16.3 Å². The molecule has 2 N–H and O–H groups in total. The molecule has 4 heterocycles. The zero-order valence-electron chi connectivity index (χ0n) is 16.9. The van der Waals surface area contributed by atoms with E-state index in [0.717, 1.165) is 46.6 Å². The average molecular weight is 410 g/mol. The van der Waals surface area contributed by atoms with Crippen LogP contribution in [-0.2, 0) is 0 Å². The topological polar surface area (TPSA) is 79.8 Å². The first kappa shape index (κ1) is 19.9. The molecule has 29 heavy (non-hydrogen) atoms. The van der Waals surface area contributed by atoms with Gasteiger partial charge in [0.25, 0.3) is 0 Å². The van der Waals surface area contributed by atoms with E-state index in [2.05, 4.69) is 25.6 Å². The van der Waals surface area contributed by atoms with Gasteiger partial charge in [-0.15, -0.1) is 11.3 Å². The number of anilines is 1. The van der Waals surface area contributed by atoms with Crippen molar-refractivity contribution in [1.29, 1.82) is 0 Å². The van der Waals surface area contributed by atoms with Crippen molar-refractivity contribution in [2.75, 3.05) is 18.4 Å². The molecule has 4 rings (SSSR count). The summed E-state index contributed by atoms with van der Waals surface area (Å²) in [6.45, 7) is 6.26. The molecule has 0 bridgehead atoms. The average Bonchev–Trinajstić information content (AvgIpc) is 3.36. The van der Waals surface area contributed by atoms with E-state index in [9.17, 15) is 4.79 Å². The molecular weight excluding hydrogens is 382 g/mol. The van der Waals surface area contributed by atoms with Gasteiger partial charge in [0, 0.05) is 23.7 Å². The molecule has 0 spiro atoms. The highest BCUT2D eigenvalue weighted by Crippen LogP contribution is 2.29. The quantitative estimate of drug-likeness (QED) is 0.532. The number of aromatic nitrogens is 3. The van der Waals surface area contributed by atoms with Crippen LogP contribution < -0.4 is 10.6 Å². The van der Waals surface area contributed by atoms with Crippen LogP contribution in [0.4, 0.5) is 5.95 Å². The summed E-state index contributed by atoms with van der Waals surface area (Å²) in [7, 11) is 0. The molecular formula is C22H27N5OS. The largest absolute Gasteiger partial charge is 0.348 e. The zero-order chi connectivity index (χ0) is 20.2. The van der Waals surface area contributed by atoms with Crippen LogP contribution in [0.3, 0.4) is 0 Å². The molecule has 0 radical (unpaired) electrons. The smallest absolute Gasteiger partial charge is 0.224 e. The highest BCUT2D eigenvalue weighted by Gasteiger charge is 2.20. The summed E-state index contributed by atoms with van der Waals surface area (Å²) in [5.74, 6) is 1.31. The standard InChI is InChI=1S/C22H27N5OS/c1-14-11-18-21(29-14)20(19(28)7-3-5-16-8-10-24-12-16)27-22(26-18)25-15(2)17-6-4-9-23-13-17/h4,6,9,11,13,15-16,24H,3,5,7-8,10,12H2,1-2H3,(H,25,26,27)/t15-,16-/m0/s1. The molecule has 0 aliphatic carbocycles. The number of carbonyl (C=O) groups excluding carboxylic acids is 1. The molecule has 1 aliphatic rings. The van der Waals surface area contributed by atoms with Crippen molar-refractivity contribution in [2.45, 2.75) is 45.6 Å². The van der Waals surface area contributed by atoms with Crippen molar-refractivity contribution in [1.82, 2.24) is 20.3 Å². The van der Waals surface area contributed by atoms with Gasteiger partial charge >= 0.3 is 0 Å². The molecule has 152 valence electrons. The number of carbonyl (C=O) groups is 1. The fraction of sp³-hybridized carbons (Fsp3) is 0.455. The Bertz CT molecular complexity index is 982. The van der Waals surface area contributed by atoms with E-state index < -0.39 is 0 Å². The molecule has 0 unspecified atom stereocenters. The van der Waals surface area contributed by atoms with Crippen molar-refractivity contribution in [3.05, 3.63) is 46.7 Å². The number of thiophene rings is 1. The number of pyridine rings is 1. The molecule has 1 fully saturated rings. The van der Waals surface area contributed by atoms with Gasteiger partial charge in [-0.1, -0.05) is 6.07 Å². The van der Waals surface area contributed by atoms with Crippen molar-refractivity contribution in [3.8, 4) is 0 Å². The van der Waals surface area contributed by atoms with Crippen LogP contribution in [0.1, 0.15) is 59.6 Å². The summed E-state index contributed by atoms with van der Waals surface area (Å²) in [6.07, 6.45) is 7.35. The third kappa shape index (κ3) is 4.79. The third-order valence-electron chi connectivity index (χ3n) is 5.47. The second-order valence-corrected chi connectivity index (χ2v) is 9.05. The summed E-state index contributed by atoms with van der Waals surface area (Å²) in [5, 5.41) is 6.73. The highest BCUT2D eigenvalue weighted by molar-refractivity contribution is 7.19. The Morgan fingerprint density at radius 1 is 1.41 bits per heavy atom. The number of nitrogens with zero attached hydrogens (tertiary/aromatic N) is 3. The lowest BCUT2D eigenvalue weighted by Gasteiger charge is -2.14. The molecule has 0 amide bonds. The second kappa shape index (κ2) is 8.97. The second-order valence-electron chi connectivity index (χ2n) is 7.79. The maximum absolute atomic E-state index is 13.0. The van der Waals surface area contributed by atoms with Gasteiger partial charge in [0.1, 0.15) is 5.69 Å². The minimum atomic E-state index is -0.00120. The zero-order valence-corrected chi connectivity index (χ0v) is 17.8. The molecule has 1 aliphatic heterocycles. The van der Waals surface area contributed by atoms with Crippen molar-refractivity contribution in [2.24, 2.45) is 5.92 Å². The first-order valence-corrected chi connectivity index (χ1v) is 11.1. The predicted octanol–water partition coefficient (Wildman–Crippen LogP) is 4.53. The first-order chi connectivity index (χ1) is 14.1. The SMILES string of the molecule is Cc1cc2nc(N[C@@H](C)c3cccnc3)nc(C(=O)CCC[C@H]3CCNC3)c2s1. The van der Waals surface area contributed by atoms with Crippen LogP contribution in [0, 0.1) is 12.8 Å². The van der Waals surface area contributed by atoms with Gasteiger partial charge in [0.15, 0.2) is 5.78 Å². The molecule has 6 nitrogen and oxygen atoms in total. The maximum Gasteiger partial charge on any atom is 0.224 e. The number of ketones is 1. The monoisotopic (exact) mass is 409 g/mol. The summed E-state index contributed by atoms with van der Waals surface area (Å²) >= 11 is 1.60. The van der Waals surface area contributed by atoms with Gasteiger partial charge in [0.2, 0.25) is 5.95 Å². The van der Waals surface area contributed by atoms with Gasteiger partial charge in [-0.2, -0.15) is 0 Å². The number of Topliss-reactive ketones (excluding diaryl/α,β-unsaturated/α-hetero) is 1. The number of fused-ring (bicyclic) bond motifs is 1. The summed E-state index contributed by atoms with van der Waals surface area (Å²) in [6, 6.07) is 5.96. The van der Waals surface area contributed by atoms with E-state index in [-0.39, 0.29) is 11.8 Å². The Morgan fingerprint density at radius 3 is 3.07 bits per heavy atom. The van der Waals surface area contributed by atoms with E-state index in [1.54, 1.807) is 17.5 Å². The van der Waals surface area contributed by atoms with E-state index in [1.165, 1.54) is 6.42 Å². The van der Waals surface area contributed by atoms with Gasteiger partial charge in [-0.25, -0.2) is 9.97 Å². The third-order valence-corrected chi connectivity index (χ3v) is 6.51. The lowest BCUT2D eigenvalue weighted by Crippen LogP contribution is -2.13. The van der Waals surface area contributed by atoms with Crippen molar-refractivity contribution >= 4 is 33.3 Å². The number of nitrogens with one attached hydrogen (secondary N) is 2. The summed E-state index contributed by atoms with van der Waals surface area (Å²) < 4.78 is 0.898. The van der Waals surface area contributed by atoms with Crippen molar-refractivity contribution in [3.63, 3.8) is 0 Å². The first-order valence-electron chi connectivity index (χ1n) is 10.3. The molecule has 3 aromatic heterocycles. The molecule has 1 saturated heterocycles. The minimum Gasteiger partial charge on any atom is -0.348 e. The number of hydrogen-bond acceptors (Lipinski definition) is 7. The molecule has 7 heteroatoms. The maximum atomic E-state index is 13.0. The lowest BCUT2D eigenvalue weighted by atomic mass is 9.99. The molecule has 0 saturated carbocycles. The van der Waals surface area contributed by atoms with Crippen LogP contribution in [0.5, 0.6) is 0 Å². The number of hydrogen-bond donors (Lipinski definition) is 2. The van der Waals surface area contributed by atoms with Crippen molar-refractivity contribution < 1.29 is 4.79 Å². The van der Waals surface area contributed by atoms with Gasteiger partial charge in [-0.3, -0.25) is 9.78 Å². The molecule has 0 aromatic carbocycles. The van der Waals surface area contributed by atoms with E-state index in [0.29, 0.717) is 24.0 Å². The van der Waals surface area contributed by atoms with Gasteiger partial charge < -0.3 is 10.6 Å². The molecule has 2 atom stereocenters. The fourth-order valence-electron chi connectivity index (χ4n) is 3.84. The van der Waals surface area contributed by atoms with E-state index >= 15 is 0 Å². The normalized spacial score (nSPS) is 17.5. The minimum absolute atomic E-state index is 0.00120. The Labute approximate surface area is 175 Å². The predicted molar refractivity (Wildman–Crippen MR) is 118 cm³/mol. The van der Waals surface area contributed by atoms with Crippen LogP contribution in [-0.4, -0.2) is 33.8 Å². The van der Waals surface area contributed by atoms with Crippen LogP contribution in [0.15, 0.2) is 30.6 Å². The summed E-state index contributed by atoms with van der Waals surface area (Å²) in [5.41, 5.74) is 2.45. The van der Waals surface area contributed by atoms with E-state index in [4.69, 9.17) is 0 Å². The highest BCUT2D eigenvalue weighted by atomic mass is 32.1. The molecule has 3 aromatic rings. The Morgan fingerprint density at radius 2 is 2.31 bits per heavy atom.